The van der Waals surface area contributed by atoms with E-state index in [1.807, 2.05) is 4.90 Å². The Hall–Kier alpha value is -0.880. The van der Waals surface area contributed by atoms with Crippen LogP contribution in [0.2, 0.25) is 0 Å². The lowest BCUT2D eigenvalue weighted by Crippen LogP contribution is -2.35. The molecular formula is C15H24N2O3S. The molecule has 1 heterocycles. The molecule has 4 atom stereocenters. The SMILES string of the molecule is CN(C)S(=O)(=O)CCC(=O)N1CC2[C@@H]3C=C[C@@H](C3)[C@]2(C)C1. The van der Waals surface area contributed by atoms with E-state index in [1.54, 1.807) is 0 Å². The van der Waals surface area contributed by atoms with Crippen LogP contribution < -0.4 is 0 Å². The smallest absolute Gasteiger partial charge is 0.223 e. The molecule has 2 aliphatic carbocycles. The molecule has 2 fully saturated rings. The van der Waals surface area contributed by atoms with Crippen LogP contribution in [0.5, 0.6) is 0 Å². The van der Waals surface area contributed by atoms with Crippen LogP contribution in [0, 0.1) is 23.2 Å². The number of sulfonamides is 1. The summed E-state index contributed by atoms with van der Waals surface area (Å²) in [5.41, 5.74) is 0.204. The second-order valence-corrected chi connectivity index (χ2v) is 9.43. The Morgan fingerprint density at radius 1 is 1.38 bits per heavy atom. The number of carbonyl (C=O) groups excluding carboxylic acids is 1. The Morgan fingerprint density at radius 2 is 2.10 bits per heavy atom. The lowest BCUT2D eigenvalue weighted by Gasteiger charge is -2.31. The van der Waals surface area contributed by atoms with Crippen LogP contribution in [0.1, 0.15) is 19.8 Å². The summed E-state index contributed by atoms with van der Waals surface area (Å²) in [6, 6.07) is 0. The lowest BCUT2D eigenvalue weighted by molar-refractivity contribution is -0.130. The van der Waals surface area contributed by atoms with Gasteiger partial charge in [-0.3, -0.25) is 4.79 Å². The second kappa shape index (κ2) is 4.81. The van der Waals surface area contributed by atoms with E-state index in [0.717, 1.165) is 13.1 Å². The maximum absolute atomic E-state index is 12.3. The van der Waals surface area contributed by atoms with Gasteiger partial charge in [0.05, 0.1) is 5.75 Å². The van der Waals surface area contributed by atoms with Crippen molar-refractivity contribution in [2.45, 2.75) is 19.8 Å². The molecule has 0 aromatic rings. The normalized spacial score (nSPS) is 37.5. The summed E-state index contributed by atoms with van der Waals surface area (Å²) in [4.78, 5) is 14.2. The number of allylic oxidation sites excluding steroid dienone is 2. The highest BCUT2D eigenvalue weighted by molar-refractivity contribution is 7.89. The van der Waals surface area contributed by atoms with Crippen LogP contribution >= 0.6 is 0 Å². The van der Waals surface area contributed by atoms with Crippen LogP contribution in [0.25, 0.3) is 0 Å². The zero-order valence-corrected chi connectivity index (χ0v) is 13.8. The van der Waals surface area contributed by atoms with Gasteiger partial charge in [0.15, 0.2) is 0 Å². The van der Waals surface area contributed by atoms with Crippen LogP contribution in [-0.2, 0) is 14.8 Å². The summed E-state index contributed by atoms with van der Waals surface area (Å²) >= 11 is 0. The van der Waals surface area contributed by atoms with Crippen molar-refractivity contribution in [3.8, 4) is 0 Å². The lowest BCUT2D eigenvalue weighted by atomic mass is 9.72. The molecule has 0 N–H and O–H groups in total. The third-order valence-corrected chi connectivity index (χ3v) is 7.59. The molecule has 3 rings (SSSR count). The summed E-state index contributed by atoms with van der Waals surface area (Å²) in [6.07, 6.45) is 5.94. The molecule has 21 heavy (non-hydrogen) atoms. The zero-order valence-electron chi connectivity index (χ0n) is 12.9. The Balaban J connectivity index is 1.62. The Morgan fingerprint density at radius 3 is 2.71 bits per heavy atom. The molecule has 5 nitrogen and oxygen atoms in total. The van der Waals surface area contributed by atoms with Crippen molar-refractivity contribution in [1.29, 1.82) is 0 Å². The van der Waals surface area contributed by atoms with Crippen molar-refractivity contribution in [1.82, 2.24) is 9.21 Å². The Kier molecular flexibility index (Phi) is 3.44. The fourth-order valence-corrected chi connectivity index (χ4v) is 5.12. The minimum atomic E-state index is -3.29. The standard InChI is InChI=1S/C15H24N2O3S/c1-15-10-17(9-13(15)11-4-5-12(15)8-11)14(18)6-7-21(19,20)16(2)3/h4-5,11-13H,6-10H2,1-3H3/t11-,12+,13?,15+/m1/s1. The van der Waals surface area contributed by atoms with Gasteiger partial charge in [-0.1, -0.05) is 19.1 Å². The largest absolute Gasteiger partial charge is 0.342 e. The van der Waals surface area contributed by atoms with E-state index in [0.29, 0.717) is 17.8 Å². The van der Waals surface area contributed by atoms with Crippen molar-refractivity contribution in [2.75, 3.05) is 32.9 Å². The predicted octanol–water partition coefficient (Wildman–Crippen LogP) is 0.938. The van der Waals surface area contributed by atoms with Gasteiger partial charge in [-0.05, 0) is 29.6 Å². The van der Waals surface area contributed by atoms with E-state index in [1.165, 1.54) is 24.8 Å². The van der Waals surface area contributed by atoms with Crippen molar-refractivity contribution in [3.63, 3.8) is 0 Å². The maximum Gasteiger partial charge on any atom is 0.223 e. The minimum absolute atomic E-state index is 0.0181. The molecular weight excluding hydrogens is 288 g/mol. The molecule has 2 bridgehead atoms. The highest BCUT2D eigenvalue weighted by Crippen LogP contribution is 2.59. The molecule has 1 saturated heterocycles. The van der Waals surface area contributed by atoms with Crippen LogP contribution in [-0.4, -0.2) is 56.5 Å². The van der Waals surface area contributed by atoms with Gasteiger partial charge in [-0.15, -0.1) is 0 Å². The third kappa shape index (κ3) is 2.32. The van der Waals surface area contributed by atoms with E-state index in [9.17, 15) is 13.2 Å². The Bertz CT molecular complexity index is 584. The van der Waals surface area contributed by atoms with E-state index >= 15 is 0 Å². The number of rotatable bonds is 4. The Labute approximate surface area is 127 Å². The quantitative estimate of drug-likeness (QED) is 0.726. The van der Waals surface area contributed by atoms with Crippen LogP contribution in [0.3, 0.4) is 0 Å². The number of likely N-dealkylation sites (tertiary alicyclic amines) is 1. The molecule has 3 aliphatic rings. The summed E-state index contributed by atoms with van der Waals surface area (Å²) in [7, 11) is -0.284. The zero-order chi connectivity index (χ0) is 15.4. The van der Waals surface area contributed by atoms with Crippen LogP contribution in [0.4, 0.5) is 0 Å². The molecule has 0 radical (unpaired) electrons. The minimum Gasteiger partial charge on any atom is -0.342 e. The first-order chi connectivity index (χ1) is 9.74. The topological polar surface area (TPSA) is 57.7 Å². The second-order valence-electron chi connectivity index (χ2n) is 7.13. The van der Waals surface area contributed by atoms with Crippen molar-refractivity contribution in [2.24, 2.45) is 23.2 Å². The maximum atomic E-state index is 12.3. The fraction of sp³-hybridized carbons (Fsp3) is 0.800. The first-order valence-electron chi connectivity index (χ1n) is 7.60. The number of hydrogen-bond acceptors (Lipinski definition) is 3. The van der Waals surface area contributed by atoms with Gasteiger partial charge in [0.1, 0.15) is 0 Å². The number of carbonyl (C=O) groups is 1. The first-order valence-corrected chi connectivity index (χ1v) is 9.21. The molecule has 118 valence electrons. The van der Waals surface area contributed by atoms with Gasteiger partial charge in [0.2, 0.25) is 15.9 Å². The van der Waals surface area contributed by atoms with E-state index in [2.05, 4.69) is 19.1 Å². The van der Waals surface area contributed by atoms with E-state index in [4.69, 9.17) is 0 Å². The summed E-state index contributed by atoms with van der Waals surface area (Å²) in [5.74, 6) is 1.65. The number of hydrogen-bond donors (Lipinski definition) is 0. The van der Waals surface area contributed by atoms with Crippen molar-refractivity contribution >= 4 is 15.9 Å². The first kappa shape index (κ1) is 15.0. The third-order valence-electron chi connectivity index (χ3n) is 5.76. The number of amides is 1. The monoisotopic (exact) mass is 312 g/mol. The molecule has 1 unspecified atom stereocenters. The fourth-order valence-electron chi connectivity index (χ4n) is 4.32. The van der Waals surface area contributed by atoms with E-state index < -0.39 is 10.0 Å². The highest BCUT2D eigenvalue weighted by atomic mass is 32.2. The van der Waals surface area contributed by atoms with Gasteiger partial charge in [0, 0.05) is 33.6 Å². The molecule has 0 spiro atoms. The van der Waals surface area contributed by atoms with E-state index in [-0.39, 0.29) is 23.5 Å². The summed E-state index contributed by atoms with van der Waals surface area (Å²) in [5, 5.41) is 0. The van der Waals surface area contributed by atoms with Gasteiger partial charge >= 0.3 is 0 Å². The molecule has 6 heteroatoms. The summed E-state index contributed by atoms with van der Waals surface area (Å²) < 4.78 is 24.7. The van der Waals surface area contributed by atoms with Crippen molar-refractivity contribution in [3.05, 3.63) is 12.2 Å². The average Bonchev–Trinajstić information content (AvgIpc) is 3.05. The van der Waals surface area contributed by atoms with Gasteiger partial charge in [-0.25, -0.2) is 12.7 Å². The van der Waals surface area contributed by atoms with Crippen LogP contribution in [0.15, 0.2) is 12.2 Å². The van der Waals surface area contributed by atoms with Gasteiger partial charge in [-0.2, -0.15) is 0 Å². The van der Waals surface area contributed by atoms with Crippen molar-refractivity contribution < 1.29 is 13.2 Å². The molecule has 0 aromatic heterocycles. The molecule has 1 aliphatic heterocycles. The molecule has 0 aromatic carbocycles. The summed E-state index contributed by atoms with van der Waals surface area (Å²) in [6.45, 7) is 3.86. The molecule has 1 amide bonds. The predicted molar refractivity (Wildman–Crippen MR) is 81.0 cm³/mol. The highest BCUT2D eigenvalue weighted by Gasteiger charge is 2.57. The average molecular weight is 312 g/mol. The number of nitrogens with zero attached hydrogens (tertiary/aromatic N) is 2. The van der Waals surface area contributed by atoms with Gasteiger partial charge in [0.25, 0.3) is 0 Å². The molecule has 1 saturated carbocycles. The number of fused-ring (bicyclic) bond motifs is 5. The van der Waals surface area contributed by atoms with Gasteiger partial charge < -0.3 is 4.90 Å².